The number of piperidine rings is 1. The fourth-order valence-electron chi connectivity index (χ4n) is 4.63. The minimum Gasteiger partial charge on any atom is -0.493 e. The van der Waals surface area contributed by atoms with Crippen molar-refractivity contribution in [3.8, 4) is 5.75 Å². The van der Waals surface area contributed by atoms with Crippen LogP contribution in [-0.2, 0) is 11.2 Å². The van der Waals surface area contributed by atoms with Crippen LogP contribution >= 0.6 is 0 Å². The average molecular weight is 428 g/mol. The molecule has 2 atom stereocenters. The fraction of sp³-hybridized carbons (Fsp3) is 0.542. The maximum atomic E-state index is 14.0. The molecule has 1 aromatic carbocycles. The number of hydrogen-bond donors (Lipinski definition) is 1. The van der Waals surface area contributed by atoms with Gasteiger partial charge in [0, 0.05) is 31.0 Å². The fourth-order valence-corrected chi connectivity index (χ4v) is 4.63. The van der Waals surface area contributed by atoms with Crippen molar-refractivity contribution in [3.63, 3.8) is 0 Å². The van der Waals surface area contributed by atoms with Crippen molar-refractivity contribution >= 4 is 11.9 Å². The summed E-state index contributed by atoms with van der Waals surface area (Å²) >= 11 is 0. The molecule has 6 nitrogen and oxygen atoms in total. The zero-order valence-corrected chi connectivity index (χ0v) is 18.2. The number of nitrogens with zero attached hydrogens (tertiary/aromatic N) is 3. The van der Waals surface area contributed by atoms with Gasteiger partial charge in [-0.25, -0.2) is 14.4 Å². The van der Waals surface area contributed by atoms with Gasteiger partial charge in [0.15, 0.2) is 0 Å². The molecule has 1 saturated heterocycles. The molecule has 0 bridgehead atoms. The Hall–Kier alpha value is -2.70. The maximum absolute atomic E-state index is 14.0. The van der Waals surface area contributed by atoms with Gasteiger partial charge >= 0.3 is 5.97 Å². The first-order chi connectivity index (χ1) is 14.9. The smallest absolute Gasteiger partial charge is 0.307 e. The van der Waals surface area contributed by atoms with E-state index in [1.165, 1.54) is 31.4 Å². The van der Waals surface area contributed by atoms with Crippen molar-refractivity contribution in [2.24, 2.45) is 17.8 Å². The molecule has 1 N–H and O–H groups in total. The molecule has 2 unspecified atom stereocenters. The van der Waals surface area contributed by atoms with E-state index in [1.54, 1.807) is 6.07 Å². The standard InChI is InChI=1S/C24H30FN3O3/c1-15-14-26-24(27-16(15)2)28-8-5-17(6-9-28)21-11-18(21)7-10-31-20-4-3-19(12-23(29)30)22(25)13-20/h3-4,13-14,17-18,21H,5-12H2,1-2H3,(H,29,30). The van der Waals surface area contributed by atoms with Crippen LogP contribution in [0, 0.1) is 37.4 Å². The lowest BCUT2D eigenvalue weighted by atomic mass is 9.90. The van der Waals surface area contributed by atoms with Crippen LogP contribution in [0.1, 0.15) is 42.5 Å². The molecule has 1 aliphatic carbocycles. The normalized spacial score (nSPS) is 21.2. The van der Waals surface area contributed by atoms with Crippen LogP contribution < -0.4 is 9.64 Å². The minimum atomic E-state index is -1.04. The van der Waals surface area contributed by atoms with Gasteiger partial charge in [0.05, 0.1) is 13.0 Å². The number of carbonyl (C=O) groups is 1. The zero-order valence-electron chi connectivity index (χ0n) is 18.2. The highest BCUT2D eigenvalue weighted by molar-refractivity contribution is 5.70. The Balaban J connectivity index is 1.19. The van der Waals surface area contributed by atoms with E-state index in [4.69, 9.17) is 9.84 Å². The Bertz CT molecular complexity index is 944. The average Bonchev–Trinajstić information content (AvgIpc) is 3.51. The number of ether oxygens (including phenoxy) is 1. The van der Waals surface area contributed by atoms with E-state index in [0.717, 1.165) is 48.6 Å². The van der Waals surface area contributed by atoms with E-state index >= 15 is 0 Å². The Morgan fingerprint density at radius 3 is 2.74 bits per heavy atom. The largest absolute Gasteiger partial charge is 0.493 e. The number of benzene rings is 1. The van der Waals surface area contributed by atoms with Crippen molar-refractivity contribution < 1.29 is 19.0 Å². The molecule has 0 amide bonds. The van der Waals surface area contributed by atoms with Gasteiger partial charge in [0.2, 0.25) is 5.95 Å². The van der Waals surface area contributed by atoms with Gasteiger partial charge < -0.3 is 14.7 Å². The van der Waals surface area contributed by atoms with Gasteiger partial charge in [-0.3, -0.25) is 4.79 Å². The van der Waals surface area contributed by atoms with Crippen LogP contribution in [0.2, 0.25) is 0 Å². The molecule has 0 radical (unpaired) electrons. The molecule has 1 aromatic heterocycles. The number of halogens is 1. The first kappa shape index (κ1) is 21.5. The van der Waals surface area contributed by atoms with Crippen LogP contribution in [0.15, 0.2) is 24.4 Å². The van der Waals surface area contributed by atoms with Crippen LogP contribution in [0.3, 0.4) is 0 Å². The SMILES string of the molecule is Cc1cnc(N2CCC(C3CC3CCOc3ccc(CC(=O)O)c(F)c3)CC2)nc1C. The molecule has 31 heavy (non-hydrogen) atoms. The number of aliphatic carboxylic acids is 1. The third-order valence-electron chi connectivity index (χ3n) is 6.74. The molecular weight excluding hydrogens is 397 g/mol. The molecule has 2 heterocycles. The lowest BCUT2D eigenvalue weighted by Crippen LogP contribution is -2.35. The summed E-state index contributed by atoms with van der Waals surface area (Å²) in [6.45, 7) is 6.65. The first-order valence-electron chi connectivity index (χ1n) is 11.1. The summed E-state index contributed by atoms with van der Waals surface area (Å²) in [4.78, 5) is 22.2. The summed E-state index contributed by atoms with van der Waals surface area (Å²) in [6, 6.07) is 4.43. The quantitative estimate of drug-likeness (QED) is 0.681. The Labute approximate surface area is 182 Å². The van der Waals surface area contributed by atoms with Crippen LogP contribution in [0.5, 0.6) is 5.75 Å². The minimum absolute atomic E-state index is 0.180. The Kier molecular flexibility index (Phi) is 6.39. The molecule has 1 saturated carbocycles. The number of carboxylic acids is 1. The second kappa shape index (κ2) is 9.20. The third kappa shape index (κ3) is 5.32. The van der Waals surface area contributed by atoms with Gasteiger partial charge in [0.1, 0.15) is 11.6 Å². The van der Waals surface area contributed by atoms with Crippen LogP contribution in [-0.4, -0.2) is 40.7 Å². The van der Waals surface area contributed by atoms with E-state index in [1.807, 2.05) is 20.0 Å². The van der Waals surface area contributed by atoms with Crippen molar-refractivity contribution in [3.05, 3.63) is 47.0 Å². The summed E-state index contributed by atoms with van der Waals surface area (Å²) in [6.07, 6.45) is 6.17. The van der Waals surface area contributed by atoms with Crippen molar-refractivity contribution in [2.75, 3.05) is 24.6 Å². The van der Waals surface area contributed by atoms with Crippen LogP contribution in [0.4, 0.5) is 10.3 Å². The van der Waals surface area contributed by atoms with Crippen molar-refractivity contribution in [1.82, 2.24) is 9.97 Å². The second-order valence-corrected chi connectivity index (χ2v) is 8.88. The Morgan fingerprint density at radius 2 is 2.06 bits per heavy atom. The first-order valence-corrected chi connectivity index (χ1v) is 11.1. The molecular formula is C24H30FN3O3. The number of aryl methyl sites for hydroxylation is 2. The van der Waals surface area contributed by atoms with E-state index in [-0.39, 0.29) is 12.0 Å². The van der Waals surface area contributed by atoms with Gasteiger partial charge in [0.25, 0.3) is 0 Å². The molecule has 4 rings (SSSR count). The summed E-state index contributed by atoms with van der Waals surface area (Å²) in [5, 5.41) is 8.79. The predicted octanol–water partition coefficient (Wildman–Crippen LogP) is 4.18. The van der Waals surface area contributed by atoms with Gasteiger partial charge in [-0.2, -0.15) is 0 Å². The third-order valence-corrected chi connectivity index (χ3v) is 6.74. The molecule has 2 aliphatic rings. The van der Waals surface area contributed by atoms with E-state index in [2.05, 4.69) is 14.9 Å². The predicted molar refractivity (Wildman–Crippen MR) is 116 cm³/mol. The summed E-state index contributed by atoms with van der Waals surface area (Å²) in [7, 11) is 0. The molecule has 7 heteroatoms. The zero-order chi connectivity index (χ0) is 22.0. The number of carboxylic acid groups (broad SMARTS) is 1. The van der Waals surface area contributed by atoms with Crippen molar-refractivity contribution in [2.45, 2.75) is 46.0 Å². The molecule has 1 aliphatic heterocycles. The summed E-state index contributed by atoms with van der Waals surface area (Å²) in [5.74, 6) is 1.95. The number of hydrogen-bond acceptors (Lipinski definition) is 5. The summed E-state index contributed by atoms with van der Waals surface area (Å²) < 4.78 is 19.7. The second-order valence-electron chi connectivity index (χ2n) is 8.88. The molecule has 2 fully saturated rings. The topological polar surface area (TPSA) is 75.6 Å². The molecule has 2 aromatic rings. The summed E-state index contributed by atoms with van der Waals surface area (Å²) in [5.41, 5.74) is 2.35. The lowest BCUT2D eigenvalue weighted by molar-refractivity contribution is -0.136. The van der Waals surface area contributed by atoms with E-state index in [9.17, 15) is 9.18 Å². The highest BCUT2D eigenvalue weighted by atomic mass is 19.1. The number of rotatable bonds is 8. The molecule has 0 spiro atoms. The van der Waals surface area contributed by atoms with Crippen LogP contribution in [0.25, 0.3) is 0 Å². The Morgan fingerprint density at radius 1 is 1.29 bits per heavy atom. The number of anilines is 1. The highest BCUT2D eigenvalue weighted by Gasteiger charge is 2.43. The van der Waals surface area contributed by atoms with E-state index in [0.29, 0.717) is 18.3 Å². The maximum Gasteiger partial charge on any atom is 0.307 e. The lowest BCUT2D eigenvalue weighted by Gasteiger charge is -2.32. The van der Waals surface area contributed by atoms with E-state index < -0.39 is 11.8 Å². The monoisotopic (exact) mass is 427 g/mol. The van der Waals surface area contributed by atoms with Gasteiger partial charge in [-0.15, -0.1) is 0 Å². The van der Waals surface area contributed by atoms with Gasteiger partial charge in [-0.05, 0) is 74.5 Å². The molecule has 166 valence electrons. The number of aromatic nitrogens is 2. The van der Waals surface area contributed by atoms with Crippen molar-refractivity contribution in [1.29, 1.82) is 0 Å². The highest BCUT2D eigenvalue weighted by Crippen LogP contribution is 2.49. The van der Waals surface area contributed by atoms with Gasteiger partial charge in [-0.1, -0.05) is 6.07 Å².